The number of rotatable bonds is 4. The Labute approximate surface area is 159 Å². The van der Waals surface area contributed by atoms with Gasteiger partial charge in [0, 0.05) is 18.1 Å². The van der Waals surface area contributed by atoms with Crippen molar-refractivity contribution in [1.82, 2.24) is 5.32 Å². The Hall–Kier alpha value is -1.59. The van der Waals surface area contributed by atoms with Crippen LogP contribution in [-0.2, 0) is 13.1 Å². The second kappa shape index (κ2) is 9.04. The van der Waals surface area contributed by atoms with Crippen LogP contribution in [0.2, 0.25) is 5.02 Å². The summed E-state index contributed by atoms with van der Waals surface area (Å²) in [6, 6.07) is 13.9. The lowest BCUT2D eigenvalue weighted by molar-refractivity contribution is 0.415. The van der Waals surface area contributed by atoms with E-state index in [1.807, 2.05) is 49.4 Å². The Morgan fingerprint density at radius 1 is 1.12 bits per heavy atom. The zero-order chi connectivity index (χ0) is 15.5. The first kappa shape index (κ1) is 20.5. The van der Waals surface area contributed by atoms with Gasteiger partial charge in [-0.2, -0.15) is 0 Å². The van der Waals surface area contributed by atoms with Crippen molar-refractivity contribution in [3.63, 3.8) is 0 Å². The molecule has 4 nitrogen and oxygen atoms in total. The minimum Gasteiger partial charge on any atom is -0.456 e. The molecule has 0 aliphatic carbocycles. The van der Waals surface area contributed by atoms with Crippen LogP contribution in [0, 0.1) is 0 Å². The predicted molar refractivity (Wildman–Crippen MR) is 104 cm³/mol. The smallest absolute Gasteiger partial charge is 0.150 e. The molecule has 4 N–H and O–H groups in total. The van der Waals surface area contributed by atoms with Crippen LogP contribution >= 0.6 is 36.4 Å². The molecule has 2 aromatic rings. The maximum Gasteiger partial charge on any atom is 0.150 e. The summed E-state index contributed by atoms with van der Waals surface area (Å²) in [6.45, 7) is 3.30. The molecule has 1 aliphatic heterocycles. The van der Waals surface area contributed by atoms with E-state index in [0.29, 0.717) is 11.6 Å². The first-order valence-corrected chi connectivity index (χ1v) is 7.49. The van der Waals surface area contributed by atoms with E-state index in [0.717, 1.165) is 40.7 Å². The van der Waals surface area contributed by atoms with Gasteiger partial charge in [-0.15, -0.1) is 24.8 Å². The summed E-state index contributed by atoms with van der Waals surface area (Å²) in [5.41, 5.74) is 8.97. The lowest BCUT2D eigenvalue weighted by Gasteiger charge is -2.21. The summed E-state index contributed by atoms with van der Waals surface area (Å²) < 4.78 is 5.64. The summed E-state index contributed by atoms with van der Waals surface area (Å²) in [6.07, 6.45) is 0. The zero-order valence-corrected chi connectivity index (χ0v) is 15.5. The second-order valence-corrected chi connectivity index (χ2v) is 5.63. The molecule has 0 radical (unpaired) electrons. The van der Waals surface area contributed by atoms with Crippen molar-refractivity contribution < 1.29 is 4.74 Å². The molecule has 3 rings (SSSR count). The largest absolute Gasteiger partial charge is 0.456 e. The van der Waals surface area contributed by atoms with Crippen molar-refractivity contribution in [2.75, 3.05) is 5.32 Å². The van der Waals surface area contributed by atoms with Crippen molar-refractivity contribution in [2.24, 2.45) is 5.73 Å². The molecule has 7 heteroatoms. The van der Waals surface area contributed by atoms with E-state index in [2.05, 4.69) is 10.6 Å². The average Bonchev–Trinajstić information content (AvgIpc) is 2.50. The number of fused-ring (bicyclic) bond motifs is 1. The molecule has 0 amide bonds. The predicted octanol–water partition coefficient (Wildman–Crippen LogP) is 4.43. The third-order valence-electron chi connectivity index (χ3n) is 3.56. The highest BCUT2D eigenvalue weighted by Crippen LogP contribution is 2.32. The third-order valence-corrected chi connectivity index (χ3v) is 3.93. The van der Waals surface area contributed by atoms with Crippen LogP contribution in [0.1, 0.15) is 18.1 Å². The quantitative estimate of drug-likeness (QED) is 0.725. The molecule has 0 saturated carbocycles. The van der Waals surface area contributed by atoms with Crippen LogP contribution in [0.4, 0.5) is 5.69 Å². The summed E-state index contributed by atoms with van der Waals surface area (Å²) in [4.78, 5) is 0. The number of anilines is 1. The molecule has 0 fully saturated rings. The number of hydrogen-bond acceptors (Lipinski definition) is 4. The van der Waals surface area contributed by atoms with Gasteiger partial charge in [0.15, 0.2) is 5.75 Å². The number of allylic oxidation sites excluding steroid dienone is 1. The van der Waals surface area contributed by atoms with Crippen molar-refractivity contribution in [3.05, 3.63) is 70.2 Å². The maximum atomic E-state index is 6.15. The number of benzene rings is 2. The fraction of sp³-hybridized carbons (Fsp3) is 0.176. The van der Waals surface area contributed by atoms with E-state index in [-0.39, 0.29) is 24.8 Å². The molecule has 0 unspecified atom stereocenters. The SMILES string of the molecule is CC1=C(N)Nc2cc(CNCc3ccccc3Cl)ccc2O1.Cl.Cl. The maximum absolute atomic E-state index is 6.15. The normalized spacial score (nSPS) is 12.2. The van der Waals surface area contributed by atoms with Gasteiger partial charge >= 0.3 is 0 Å². The Kier molecular flexibility index (Phi) is 7.70. The number of hydrogen-bond donors (Lipinski definition) is 3. The molecule has 0 saturated heterocycles. The van der Waals surface area contributed by atoms with E-state index in [4.69, 9.17) is 22.1 Å². The highest BCUT2D eigenvalue weighted by Gasteiger charge is 2.14. The van der Waals surface area contributed by atoms with E-state index in [1.54, 1.807) is 0 Å². The molecule has 0 spiro atoms. The van der Waals surface area contributed by atoms with Crippen molar-refractivity contribution in [2.45, 2.75) is 20.0 Å². The molecule has 1 aliphatic rings. The van der Waals surface area contributed by atoms with Gasteiger partial charge < -0.3 is 21.1 Å². The molecule has 2 aromatic carbocycles. The Morgan fingerprint density at radius 2 is 1.88 bits per heavy atom. The number of nitrogens with two attached hydrogens (primary N) is 1. The molecule has 1 heterocycles. The van der Waals surface area contributed by atoms with Gasteiger partial charge in [-0.3, -0.25) is 0 Å². The second-order valence-electron chi connectivity index (χ2n) is 5.22. The van der Waals surface area contributed by atoms with Crippen molar-refractivity contribution in [3.8, 4) is 5.75 Å². The highest BCUT2D eigenvalue weighted by molar-refractivity contribution is 6.31. The van der Waals surface area contributed by atoms with Crippen molar-refractivity contribution >= 4 is 42.1 Å². The topological polar surface area (TPSA) is 59.3 Å². The minimum atomic E-state index is 0. The molecular formula is C17H20Cl3N3O. The van der Waals surface area contributed by atoms with Gasteiger partial charge in [0.05, 0.1) is 5.69 Å². The van der Waals surface area contributed by atoms with Gasteiger partial charge in [0.25, 0.3) is 0 Å². The summed E-state index contributed by atoms with van der Waals surface area (Å²) >= 11 is 6.15. The molecule has 24 heavy (non-hydrogen) atoms. The van der Waals surface area contributed by atoms with E-state index in [9.17, 15) is 0 Å². The monoisotopic (exact) mass is 387 g/mol. The molecule has 0 bridgehead atoms. The molecule has 0 aromatic heterocycles. The van der Waals surface area contributed by atoms with E-state index in [1.165, 1.54) is 0 Å². The first-order valence-electron chi connectivity index (χ1n) is 7.12. The zero-order valence-electron chi connectivity index (χ0n) is 13.1. The molecule has 130 valence electrons. The number of halogens is 3. The number of nitrogens with one attached hydrogen (secondary N) is 2. The standard InChI is InChI=1S/C17H18ClN3O.2ClH/c1-11-17(19)21-15-8-12(6-7-16(15)22-11)9-20-10-13-4-2-3-5-14(13)18;;/h2-8,20-21H,9-10,19H2,1H3;2*1H. The van der Waals surface area contributed by atoms with E-state index < -0.39 is 0 Å². The van der Waals surface area contributed by atoms with Gasteiger partial charge in [-0.1, -0.05) is 35.9 Å². The summed E-state index contributed by atoms with van der Waals surface area (Å²) in [7, 11) is 0. The van der Waals surface area contributed by atoms with E-state index >= 15 is 0 Å². The Bertz CT molecular complexity index is 735. The molecular weight excluding hydrogens is 369 g/mol. The molecule has 0 atom stereocenters. The van der Waals surface area contributed by atoms with Gasteiger partial charge in [0.2, 0.25) is 0 Å². The summed E-state index contributed by atoms with van der Waals surface area (Å²) in [5, 5.41) is 7.32. The van der Waals surface area contributed by atoms with Crippen LogP contribution in [0.25, 0.3) is 0 Å². The van der Waals surface area contributed by atoms with Crippen molar-refractivity contribution in [1.29, 1.82) is 0 Å². The Morgan fingerprint density at radius 3 is 2.62 bits per heavy atom. The van der Waals surface area contributed by atoms with Crippen LogP contribution in [0.15, 0.2) is 54.0 Å². The van der Waals surface area contributed by atoms with Crippen LogP contribution in [0.3, 0.4) is 0 Å². The highest BCUT2D eigenvalue weighted by atomic mass is 35.5. The van der Waals surface area contributed by atoms with Gasteiger partial charge in [-0.05, 0) is 36.2 Å². The minimum absolute atomic E-state index is 0. The fourth-order valence-corrected chi connectivity index (χ4v) is 2.51. The van der Waals surface area contributed by atoms with Crippen LogP contribution < -0.4 is 21.1 Å². The first-order chi connectivity index (χ1) is 10.6. The average molecular weight is 389 g/mol. The van der Waals surface area contributed by atoms with Crippen LogP contribution in [-0.4, -0.2) is 0 Å². The van der Waals surface area contributed by atoms with Gasteiger partial charge in [0.1, 0.15) is 11.6 Å². The van der Waals surface area contributed by atoms with Gasteiger partial charge in [-0.25, -0.2) is 0 Å². The lowest BCUT2D eigenvalue weighted by Crippen LogP contribution is -2.19. The lowest BCUT2D eigenvalue weighted by atomic mass is 10.1. The summed E-state index contributed by atoms with van der Waals surface area (Å²) in [5.74, 6) is 2.03. The Balaban J connectivity index is 0.00000144. The van der Waals surface area contributed by atoms with Crippen LogP contribution in [0.5, 0.6) is 5.75 Å². The third kappa shape index (κ3) is 4.71. The number of ether oxygens (including phenoxy) is 1. The fourth-order valence-electron chi connectivity index (χ4n) is 2.31.